The molecular formula is C19H18Cl2FN3OS. The number of aryl methyl sites for hydroxylation is 2. The van der Waals surface area contributed by atoms with Gasteiger partial charge in [0.2, 0.25) is 0 Å². The van der Waals surface area contributed by atoms with Crippen molar-refractivity contribution in [2.75, 3.05) is 0 Å². The van der Waals surface area contributed by atoms with Crippen LogP contribution in [0, 0.1) is 19.7 Å². The lowest BCUT2D eigenvalue weighted by molar-refractivity contribution is 0.290. The smallest absolute Gasteiger partial charge is 0.191 e. The topological polar surface area (TPSA) is 39.9 Å². The lowest BCUT2D eigenvalue weighted by atomic mass is 10.1. The molecule has 0 saturated carbocycles. The average molecular weight is 426 g/mol. The monoisotopic (exact) mass is 425 g/mol. The van der Waals surface area contributed by atoms with E-state index in [0.717, 1.165) is 32.6 Å². The van der Waals surface area contributed by atoms with Crippen LogP contribution in [-0.4, -0.2) is 14.8 Å². The van der Waals surface area contributed by atoms with Gasteiger partial charge in [0, 0.05) is 22.8 Å². The Morgan fingerprint density at radius 3 is 2.48 bits per heavy atom. The van der Waals surface area contributed by atoms with Gasteiger partial charge in [-0.2, -0.15) is 0 Å². The van der Waals surface area contributed by atoms with Crippen LogP contribution in [0.4, 0.5) is 4.39 Å². The van der Waals surface area contributed by atoms with Gasteiger partial charge in [-0.3, -0.25) is 0 Å². The van der Waals surface area contributed by atoms with Gasteiger partial charge in [-0.1, -0.05) is 41.0 Å². The van der Waals surface area contributed by atoms with Crippen molar-refractivity contribution < 1.29 is 9.13 Å². The Kier molecular flexibility index (Phi) is 6.29. The molecule has 0 radical (unpaired) electrons. The molecule has 0 spiro atoms. The number of nitrogens with zero attached hydrogens (tertiary/aromatic N) is 3. The number of hydrogen-bond acceptors (Lipinski definition) is 4. The van der Waals surface area contributed by atoms with E-state index in [2.05, 4.69) is 10.2 Å². The van der Waals surface area contributed by atoms with Crippen LogP contribution >= 0.6 is 35.0 Å². The summed E-state index contributed by atoms with van der Waals surface area (Å²) in [6.07, 6.45) is 0. The molecule has 0 aliphatic carbocycles. The Morgan fingerprint density at radius 2 is 1.81 bits per heavy atom. The number of ether oxygens (including phenoxy) is 1. The summed E-state index contributed by atoms with van der Waals surface area (Å²) >= 11 is 13.7. The summed E-state index contributed by atoms with van der Waals surface area (Å²) in [4.78, 5) is 0. The summed E-state index contributed by atoms with van der Waals surface area (Å²) in [5, 5.41) is 10.3. The summed E-state index contributed by atoms with van der Waals surface area (Å²) in [6, 6.07) is 8.18. The lowest BCUT2D eigenvalue weighted by Gasteiger charge is -2.10. The van der Waals surface area contributed by atoms with E-state index in [1.165, 1.54) is 23.9 Å². The SMILES string of the molecule is Cc1cc(OCc2nnc(SCc3ccc(F)cc3Cl)n2C)cc(C)c1Cl. The van der Waals surface area contributed by atoms with Crippen molar-refractivity contribution >= 4 is 35.0 Å². The van der Waals surface area contributed by atoms with Crippen LogP contribution in [0.15, 0.2) is 35.5 Å². The van der Waals surface area contributed by atoms with Gasteiger partial charge < -0.3 is 9.30 Å². The first-order valence-electron chi connectivity index (χ1n) is 8.19. The average Bonchev–Trinajstić information content (AvgIpc) is 2.97. The Bertz CT molecular complexity index is 955. The van der Waals surface area contributed by atoms with Gasteiger partial charge in [0.15, 0.2) is 11.0 Å². The van der Waals surface area contributed by atoms with Gasteiger partial charge in [0.05, 0.1) is 0 Å². The first kappa shape index (κ1) is 20.0. The number of benzene rings is 2. The van der Waals surface area contributed by atoms with Crippen molar-refractivity contribution in [2.24, 2.45) is 7.05 Å². The first-order chi connectivity index (χ1) is 12.8. The van der Waals surface area contributed by atoms with E-state index in [1.807, 2.05) is 37.6 Å². The molecule has 0 atom stereocenters. The minimum atomic E-state index is -0.348. The van der Waals surface area contributed by atoms with E-state index in [0.29, 0.717) is 23.2 Å². The van der Waals surface area contributed by atoms with Gasteiger partial charge in [-0.25, -0.2) is 4.39 Å². The van der Waals surface area contributed by atoms with Gasteiger partial charge in [-0.05, 0) is 54.8 Å². The third kappa shape index (κ3) is 4.75. The molecule has 0 N–H and O–H groups in total. The van der Waals surface area contributed by atoms with Crippen LogP contribution in [0.1, 0.15) is 22.5 Å². The number of hydrogen-bond donors (Lipinski definition) is 0. The minimum absolute atomic E-state index is 0.294. The number of aromatic nitrogens is 3. The molecule has 4 nitrogen and oxygen atoms in total. The molecule has 2 aromatic carbocycles. The maximum atomic E-state index is 13.1. The summed E-state index contributed by atoms with van der Waals surface area (Å²) in [5.74, 6) is 1.67. The quantitative estimate of drug-likeness (QED) is 0.471. The predicted octanol–water partition coefficient (Wildman–Crippen LogP) is 5.75. The first-order valence-corrected chi connectivity index (χ1v) is 9.94. The Labute approximate surface area is 171 Å². The largest absolute Gasteiger partial charge is 0.486 e. The summed E-state index contributed by atoms with van der Waals surface area (Å²) in [7, 11) is 1.88. The molecule has 3 rings (SSSR count). The van der Waals surface area contributed by atoms with Crippen molar-refractivity contribution in [1.29, 1.82) is 0 Å². The zero-order valence-corrected chi connectivity index (χ0v) is 17.4. The second-order valence-electron chi connectivity index (χ2n) is 6.14. The fourth-order valence-electron chi connectivity index (χ4n) is 2.51. The van der Waals surface area contributed by atoms with Crippen LogP contribution in [-0.2, 0) is 19.4 Å². The van der Waals surface area contributed by atoms with Gasteiger partial charge in [0.1, 0.15) is 18.2 Å². The highest BCUT2D eigenvalue weighted by atomic mass is 35.5. The number of thioether (sulfide) groups is 1. The van der Waals surface area contributed by atoms with E-state index in [-0.39, 0.29) is 5.82 Å². The van der Waals surface area contributed by atoms with E-state index >= 15 is 0 Å². The molecule has 27 heavy (non-hydrogen) atoms. The van der Waals surface area contributed by atoms with Gasteiger partial charge >= 0.3 is 0 Å². The fraction of sp³-hybridized carbons (Fsp3) is 0.263. The molecule has 0 fully saturated rings. The zero-order chi connectivity index (χ0) is 19.6. The summed E-state index contributed by atoms with van der Waals surface area (Å²) in [5.41, 5.74) is 2.78. The summed E-state index contributed by atoms with van der Waals surface area (Å²) < 4.78 is 20.9. The molecule has 3 aromatic rings. The maximum absolute atomic E-state index is 13.1. The molecule has 1 aromatic heterocycles. The van der Waals surface area contributed by atoms with Crippen molar-refractivity contribution in [2.45, 2.75) is 31.4 Å². The Hall–Kier alpha value is -1.76. The number of halogens is 3. The van der Waals surface area contributed by atoms with Crippen molar-refractivity contribution in [1.82, 2.24) is 14.8 Å². The molecule has 0 unspecified atom stereocenters. The molecule has 0 bridgehead atoms. The second-order valence-corrected chi connectivity index (χ2v) is 7.87. The molecule has 8 heteroatoms. The third-order valence-corrected chi connectivity index (χ3v) is 6.09. The molecule has 0 saturated heterocycles. The van der Waals surface area contributed by atoms with Crippen molar-refractivity contribution in [3.8, 4) is 5.75 Å². The highest BCUT2D eigenvalue weighted by Crippen LogP contribution is 2.28. The standard InChI is InChI=1S/C19H18Cl2FN3OS/c1-11-6-15(7-12(2)18(11)21)26-9-17-23-24-19(25(17)3)27-10-13-4-5-14(22)8-16(13)20/h4-8H,9-10H2,1-3H3. The molecule has 0 aliphatic heterocycles. The van der Waals surface area contributed by atoms with E-state index in [1.54, 1.807) is 6.07 Å². The van der Waals surface area contributed by atoms with Crippen LogP contribution in [0.5, 0.6) is 5.75 Å². The fourth-order valence-corrected chi connectivity index (χ4v) is 3.87. The number of rotatable bonds is 6. The molecule has 0 amide bonds. The normalized spacial score (nSPS) is 11.0. The Balaban J connectivity index is 1.65. The van der Waals surface area contributed by atoms with Crippen LogP contribution in [0.3, 0.4) is 0 Å². The maximum Gasteiger partial charge on any atom is 0.191 e. The summed E-state index contributed by atoms with van der Waals surface area (Å²) in [6.45, 7) is 4.18. The molecule has 0 aliphatic rings. The predicted molar refractivity (Wildman–Crippen MR) is 107 cm³/mol. The van der Waals surface area contributed by atoms with E-state index in [4.69, 9.17) is 27.9 Å². The third-order valence-electron chi connectivity index (χ3n) is 4.07. The van der Waals surface area contributed by atoms with Crippen LogP contribution < -0.4 is 4.74 Å². The highest BCUT2D eigenvalue weighted by molar-refractivity contribution is 7.98. The molecule has 1 heterocycles. The minimum Gasteiger partial charge on any atom is -0.486 e. The molecule has 142 valence electrons. The lowest BCUT2D eigenvalue weighted by Crippen LogP contribution is -2.04. The highest BCUT2D eigenvalue weighted by Gasteiger charge is 2.12. The van der Waals surface area contributed by atoms with Gasteiger partial charge in [-0.15, -0.1) is 10.2 Å². The van der Waals surface area contributed by atoms with Crippen molar-refractivity contribution in [3.63, 3.8) is 0 Å². The molecular weight excluding hydrogens is 408 g/mol. The Morgan fingerprint density at radius 1 is 1.11 bits per heavy atom. The second kappa shape index (κ2) is 8.50. The van der Waals surface area contributed by atoms with Crippen LogP contribution in [0.2, 0.25) is 10.0 Å². The van der Waals surface area contributed by atoms with E-state index in [9.17, 15) is 4.39 Å². The zero-order valence-electron chi connectivity index (χ0n) is 15.1. The van der Waals surface area contributed by atoms with Crippen molar-refractivity contribution in [3.05, 3.63) is 68.7 Å². The van der Waals surface area contributed by atoms with Gasteiger partial charge in [0.25, 0.3) is 0 Å². The van der Waals surface area contributed by atoms with Crippen LogP contribution in [0.25, 0.3) is 0 Å². The van der Waals surface area contributed by atoms with E-state index < -0.39 is 0 Å².